The number of aliphatic carboxylic acids is 1. The standard InChI is InChI=1S/C9H14N2O3S/c1-6-8(11-5-14-6)4-15-3-2-7(10)9(12)13/h5,7H,2-4,10H2,1H3,(H,12,13). The van der Waals surface area contributed by atoms with Crippen LogP contribution in [0.2, 0.25) is 0 Å². The lowest BCUT2D eigenvalue weighted by Crippen LogP contribution is -2.30. The second-order valence-electron chi connectivity index (χ2n) is 3.14. The second-order valence-corrected chi connectivity index (χ2v) is 4.25. The molecular weight excluding hydrogens is 216 g/mol. The monoisotopic (exact) mass is 230 g/mol. The fraction of sp³-hybridized carbons (Fsp3) is 0.556. The van der Waals surface area contributed by atoms with Gasteiger partial charge in [-0.3, -0.25) is 4.79 Å². The van der Waals surface area contributed by atoms with E-state index in [2.05, 4.69) is 4.98 Å². The van der Waals surface area contributed by atoms with Crippen molar-refractivity contribution < 1.29 is 14.3 Å². The van der Waals surface area contributed by atoms with Crippen molar-refractivity contribution in [3.8, 4) is 0 Å². The molecule has 1 aromatic rings. The molecule has 0 saturated heterocycles. The summed E-state index contributed by atoms with van der Waals surface area (Å²) in [5, 5.41) is 8.55. The van der Waals surface area contributed by atoms with E-state index in [9.17, 15) is 4.79 Å². The quantitative estimate of drug-likeness (QED) is 0.709. The molecule has 5 nitrogen and oxygen atoms in total. The topological polar surface area (TPSA) is 89.4 Å². The van der Waals surface area contributed by atoms with E-state index in [1.807, 2.05) is 6.92 Å². The molecule has 1 unspecified atom stereocenters. The number of carbonyl (C=O) groups is 1. The summed E-state index contributed by atoms with van der Waals surface area (Å²) in [5.41, 5.74) is 6.27. The lowest BCUT2D eigenvalue weighted by molar-refractivity contribution is -0.138. The minimum absolute atomic E-state index is 0.469. The SMILES string of the molecule is Cc1ocnc1CSCCC(N)C(=O)O. The number of nitrogens with two attached hydrogens (primary N) is 1. The van der Waals surface area contributed by atoms with Gasteiger partial charge in [0, 0.05) is 5.75 Å². The van der Waals surface area contributed by atoms with Crippen LogP contribution in [-0.2, 0) is 10.5 Å². The van der Waals surface area contributed by atoms with Gasteiger partial charge >= 0.3 is 5.97 Å². The van der Waals surface area contributed by atoms with Crippen LogP contribution in [0.15, 0.2) is 10.8 Å². The number of hydrogen-bond acceptors (Lipinski definition) is 5. The molecule has 0 aliphatic rings. The van der Waals surface area contributed by atoms with Gasteiger partial charge in [-0.25, -0.2) is 4.98 Å². The first-order valence-corrected chi connectivity index (χ1v) is 5.72. The second kappa shape index (κ2) is 5.77. The number of carboxylic acid groups (broad SMARTS) is 1. The van der Waals surface area contributed by atoms with Crippen molar-refractivity contribution in [2.75, 3.05) is 5.75 Å². The Morgan fingerprint density at radius 2 is 2.53 bits per heavy atom. The molecule has 0 aromatic carbocycles. The number of aromatic nitrogens is 1. The Labute approximate surface area is 92.1 Å². The highest BCUT2D eigenvalue weighted by Gasteiger charge is 2.11. The molecule has 0 bridgehead atoms. The first-order chi connectivity index (χ1) is 7.11. The zero-order valence-corrected chi connectivity index (χ0v) is 9.29. The highest BCUT2D eigenvalue weighted by Crippen LogP contribution is 2.15. The van der Waals surface area contributed by atoms with Crippen LogP contribution in [0.5, 0.6) is 0 Å². The van der Waals surface area contributed by atoms with Gasteiger partial charge in [0.1, 0.15) is 11.8 Å². The lowest BCUT2D eigenvalue weighted by Gasteiger charge is -2.04. The molecule has 15 heavy (non-hydrogen) atoms. The Morgan fingerprint density at radius 1 is 1.80 bits per heavy atom. The summed E-state index contributed by atoms with van der Waals surface area (Å²) >= 11 is 1.61. The number of carboxylic acids is 1. The number of aryl methyl sites for hydroxylation is 1. The third-order valence-corrected chi connectivity index (χ3v) is 2.98. The smallest absolute Gasteiger partial charge is 0.320 e. The van der Waals surface area contributed by atoms with E-state index >= 15 is 0 Å². The van der Waals surface area contributed by atoms with E-state index < -0.39 is 12.0 Å². The molecule has 0 amide bonds. The van der Waals surface area contributed by atoms with Gasteiger partial charge in [-0.15, -0.1) is 0 Å². The number of oxazole rings is 1. The van der Waals surface area contributed by atoms with Crippen molar-refractivity contribution in [1.29, 1.82) is 0 Å². The maximum Gasteiger partial charge on any atom is 0.320 e. The van der Waals surface area contributed by atoms with Gasteiger partial charge in [-0.1, -0.05) is 0 Å². The van der Waals surface area contributed by atoms with Gasteiger partial charge in [0.05, 0.1) is 5.69 Å². The van der Waals surface area contributed by atoms with Crippen LogP contribution in [0.1, 0.15) is 17.9 Å². The van der Waals surface area contributed by atoms with Crippen LogP contribution in [-0.4, -0.2) is 27.9 Å². The number of thioether (sulfide) groups is 1. The van der Waals surface area contributed by atoms with Gasteiger partial charge in [0.15, 0.2) is 6.39 Å². The molecule has 84 valence electrons. The Bertz CT molecular complexity index is 327. The van der Waals surface area contributed by atoms with Gasteiger partial charge in [-0.05, 0) is 19.1 Å². The van der Waals surface area contributed by atoms with E-state index in [1.54, 1.807) is 11.8 Å². The van der Waals surface area contributed by atoms with Crippen molar-refractivity contribution in [2.45, 2.75) is 25.1 Å². The van der Waals surface area contributed by atoms with Crippen LogP contribution in [0.25, 0.3) is 0 Å². The molecule has 0 spiro atoms. The zero-order chi connectivity index (χ0) is 11.3. The highest BCUT2D eigenvalue weighted by atomic mass is 32.2. The fourth-order valence-electron chi connectivity index (χ4n) is 0.969. The lowest BCUT2D eigenvalue weighted by atomic mass is 10.2. The zero-order valence-electron chi connectivity index (χ0n) is 8.47. The van der Waals surface area contributed by atoms with E-state index in [1.165, 1.54) is 6.39 Å². The van der Waals surface area contributed by atoms with Crippen molar-refractivity contribution in [2.24, 2.45) is 5.73 Å². The number of nitrogens with zero attached hydrogens (tertiary/aromatic N) is 1. The van der Waals surface area contributed by atoms with Crippen molar-refractivity contribution in [1.82, 2.24) is 4.98 Å². The first kappa shape index (κ1) is 12.1. The average molecular weight is 230 g/mol. The predicted molar refractivity (Wildman–Crippen MR) is 57.6 cm³/mol. The van der Waals surface area contributed by atoms with E-state index in [4.69, 9.17) is 15.3 Å². The summed E-state index contributed by atoms with van der Waals surface area (Å²) in [6.45, 7) is 1.85. The van der Waals surface area contributed by atoms with Gasteiger partial charge in [0.25, 0.3) is 0 Å². The van der Waals surface area contributed by atoms with E-state index in [-0.39, 0.29) is 0 Å². The average Bonchev–Trinajstić information content (AvgIpc) is 2.58. The molecule has 0 aliphatic heterocycles. The predicted octanol–water partition coefficient (Wildman–Crippen LogP) is 1.02. The normalized spacial score (nSPS) is 12.7. The van der Waals surface area contributed by atoms with Crippen molar-refractivity contribution in [3.05, 3.63) is 17.8 Å². The summed E-state index contributed by atoms with van der Waals surface area (Å²) in [6.07, 6.45) is 1.88. The van der Waals surface area contributed by atoms with Gasteiger partial charge in [0.2, 0.25) is 0 Å². The Hall–Kier alpha value is -1.01. The fourth-order valence-corrected chi connectivity index (χ4v) is 2.01. The Kier molecular flexibility index (Phi) is 4.64. The highest BCUT2D eigenvalue weighted by molar-refractivity contribution is 7.98. The number of rotatable bonds is 6. The summed E-state index contributed by atoms with van der Waals surface area (Å²) in [4.78, 5) is 14.4. The van der Waals surface area contributed by atoms with Crippen molar-refractivity contribution >= 4 is 17.7 Å². The molecule has 1 atom stereocenters. The van der Waals surface area contributed by atoms with Gasteiger partial charge in [-0.2, -0.15) is 11.8 Å². The summed E-state index contributed by atoms with van der Waals surface area (Å²) < 4.78 is 5.04. The summed E-state index contributed by atoms with van der Waals surface area (Å²) in [7, 11) is 0. The molecular formula is C9H14N2O3S. The minimum atomic E-state index is -0.951. The molecule has 0 fully saturated rings. The molecule has 0 aliphatic carbocycles. The molecule has 0 radical (unpaired) electrons. The third kappa shape index (κ3) is 3.93. The Morgan fingerprint density at radius 3 is 3.07 bits per heavy atom. The maximum absolute atomic E-state index is 10.4. The first-order valence-electron chi connectivity index (χ1n) is 4.56. The van der Waals surface area contributed by atoms with E-state index in [0.717, 1.165) is 17.2 Å². The molecule has 0 saturated carbocycles. The van der Waals surface area contributed by atoms with Crippen molar-refractivity contribution in [3.63, 3.8) is 0 Å². The molecule has 1 heterocycles. The molecule has 6 heteroatoms. The third-order valence-electron chi connectivity index (χ3n) is 1.97. The maximum atomic E-state index is 10.4. The molecule has 1 rings (SSSR count). The van der Waals surface area contributed by atoms with Crippen LogP contribution >= 0.6 is 11.8 Å². The van der Waals surface area contributed by atoms with Crippen LogP contribution in [0, 0.1) is 6.92 Å². The number of hydrogen-bond donors (Lipinski definition) is 2. The summed E-state index contributed by atoms with van der Waals surface area (Å²) in [6, 6.07) is -0.768. The molecule has 1 aromatic heterocycles. The molecule has 3 N–H and O–H groups in total. The van der Waals surface area contributed by atoms with Crippen LogP contribution in [0.3, 0.4) is 0 Å². The van der Waals surface area contributed by atoms with Gasteiger partial charge < -0.3 is 15.3 Å². The largest absolute Gasteiger partial charge is 0.480 e. The van der Waals surface area contributed by atoms with E-state index in [0.29, 0.717) is 12.2 Å². The van der Waals surface area contributed by atoms with Crippen LogP contribution < -0.4 is 5.73 Å². The summed E-state index contributed by atoms with van der Waals surface area (Å²) in [5.74, 6) is 1.30. The Balaban J connectivity index is 2.17. The van der Waals surface area contributed by atoms with Crippen LogP contribution in [0.4, 0.5) is 0 Å². The minimum Gasteiger partial charge on any atom is -0.480 e.